The quantitative estimate of drug-likeness (QED) is 0.834. The molecule has 0 saturated carbocycles. The number of anilines is 1. The summed E-state index contributed by atoms with van der Waals surface area (Å²) in [6.07, 6.45) is 5.35. The van der Waals surface area contributed by atoms with Crippen LogP contribution in [0.3, 0.4) is 0 Å². The molecule has 16 heavy (non-hydrogen) atoms. The number of amides is 1. The molecular formula is C11H14N4O. The molecule has 84 valence electrons. The van der Waals surface area contributed by atoms with Crippen molar-refractivity contribution in [1.29, 1.82) is 5.26 Å². The number of nitrogens with zero attached hydrogens (tertiary/aromatic N) is 3. The highest BCUT2D eigenvalue weighted by atomic mass is 16.2. The van der Waals surface area contributed by atoms with E-state index in [2.05, 4.69) is 21.4 Å². The molecule has 0 aromatic carbocycles. The lowest BCUT2D eigenvalue weighted by Crippen LogP contribution is -2.34. The molecule has 0 spiro atoms. The predicted molar refractivity (Wildman–Crippen MR) is 59.3 cm³/mol. The number of nitrogens with one attached hydrogen (secondary N) is 1. The van der Waals surface area contributed by atoms with Crippen LogP contribution >= 0.6 is 0 Å². The van der Waals surface area contributed by atoms with Crippen LogP contribution < -0.4 is 5.32 Å². The topological polar surface area (TPSA) is 78.7 Å². The molecule has 5 nitrogen and oxygen atoms in total. The summed E-state index contributed by atoms with van der Waals surface area (Å²) in [7, 11) is 0. The maximum Gasteiger partial charge on any atom is 0.244 e. The van der Waals surface area contributed by atoms with Gasteiger partial charge in [0.25, 0.3) is 0 Å². The molecule has 1 N–H and O–H groups in total. The lowest BCUT2D eigenvalue weighted by atomic mass is 9.83. The number of carbonyl (C=O) groups is 1. The van der Waals surface area contributed by atoms with E-state index in [0.29, 0.717) is 18.5 Å². The highest BCUT2D eigenvalue weighted by Gasteiger charge is 2.34. The third-order valence-corrected chi connectivity index (χ3v) is 2.67. The molecule has 1 heterocycles. The van der Waals surface area contributed by atoms with Crippen molar-refractivity contribution >= 4 is 11.6 Å². The minimum atomic E-state index is -0.962. The summed E-state index contributed by atoms with van der Waals surface area (Å²) >= 11 is 0. The second-order valence-electron chi connectivity index (χ2n) is 3.48. The van der Waals surface area contributed by atoms with E-state index in [1.807, 2.05) is 13.8 Å². The molecule has 0 atom stereocenters. The summed E-state index contributed by atoms with van der Waals surface area (Å²) in [5, 5.41) is 11.7. The minimum Gasteiger partial charge on any atom is -0.322 e. The van der Waals surface area contributed by atoms with Gasteiger partial charge < -0.3 is 5.32 Å². The Balaban J connectivity index is 2.83. The van der Waals surface area contributed by atoms with Crippen LogP contribution in [0.25, 0.3) is 0 Å². The van der Waals surface area contributed by atoms with Crippen LogP contribution in [0, 0.1) is 16.7 Å². The van der Waals surface area contributed by atoms with Crippen molar-refractivity contribution in [2.24, 2.45) is 5.41 Å². The standard InChI is InChI=1S/C11H14N4O/c1-3-11(4-2,7-12)10(16)15-9-5-13-8-14-6-9/h5-6,8H,3-4H2,1-2H3,(H,15,16). The van der Waals surface area contributed by atoms with Crippen LogP contribution in [0.15, 0.2) is 18.7 Å². The van der Waals surface area contributed by atoms with E-state index in [9.17, 15) is 4.79 Å². The van der Waals surface area contributed by atoms with Crippen molar-refractivity contribution in [1.82, 2.24) is 9.97 Å². The van der Waals surface area contributed by atoms with E-state index in [1.165, 1.54) is 18.7 Å². The monoisotopic (exact) mass is 218 g/mol. The molecule has 0 aliphatic rings. The van der Waals surface area contributed by atoms with Gasteiger partial charge in [0.1, 0.15) is 11.7 Å². The van der Waals surface area contributed by atoms with E-state index in [4.69, 9.17) is 5.26 Å². The zero-order chi connectivity index (χ0) is 12.0. The molecule has 1 aromatic rings. The van der Waals surface area contributed by atoms with Crippen molar-refractivity contribution in [3.63, 3.8) is 0 Å². The molecular weight excluding hydrogens is 204 g/mol. The lowest BCUT2D eigenvalue weighted by Gasteiger charge is -2.21. The van der Waals surface area contributed by atoms with Gasteiger partial charge in [0.2, 0.25) is 5.91 Å². The van der Waals surface area contributed by atoms with Crippen LogP contribution in [-0.4, -0.2) is 15.9 Å². The van der Waals surface area contributed by atoms with Gasteiger partial charge in [0.15, 0.2) is 0 Å². The normalized spacial score (nSPS) is 10.6. The molecule has 0 bridgehead atoms. The summed E-state index contributed by atoms with van der Waals surface area (Å²) in [4.78, 5) is 19.5. The fourth-order valence-electron chi connectivity index (χ4n) is 1.39. The van der Waals surface area contributed by atoms with E-state index < -0.39 is 5.41 Å². The highest BCUT2D eigenvalue weighted by molar-refractivity contribution is 5.96. The SMILES string of the molecule is CCC(C#N)(CC)C(=O)Nc1cncnc1. The maximum absolute atomic E-state index is 11.9. The van der Waals surface area contributed by atoms with Crippen LogP contribution in [-0.2, 0) is 4.79 Å². The smallest absolute Gasteiger partial charge is 0.244 e. The summed E-state index contributed by atoms with van der Waals surface area (Å²) in [5.41, 5.74) is -0.454. The molecule has 0 unspecified atom stereocenters. The van der Waals surface area contributed by atoms with Gasteiger partial charge in [-0.05, 0) is 12.8 Å². The Bertz CT molecular complexity index is 392. The molecule has 0 radical (unpaired) electrons. The fourth-order valence-corrected chi connectivity index (χ4v) is 1.39. The van der Waals surface area contributed by atoms with Crippen molar-refractivity contribution in [3.8, 4) is 6.07 Å². The maximum atomic E-state index is 11.9. The second-order valence-corrected chi connectivity index (χ2v) is 3.48. The van der Waals surface area contributed by atoms with Gasteiger partial charge in [-0.1, -0.05) is 13.8 Å². The molecule has 1 amide bonds. The van der Waals surface area contributed by atoms with E-state index in [-0.39, 0.29) is 5.91 Å². The molecule has 0 aliphatic heterocycles. The van der Waals surface area contributed by atoms with Gasteiger partial charge in [-0.2, -0.15) is 5.26 Å². The molecule has 5 heteroatoms. The summed E-state index contributed by atoms with van der Waals surface area (Å²) in [6.45, 7) is 3.65. The minimum absolute atomic E-state index is 0.296. The number of hydrogen-bond acceptors (Lipinski definition) is 4. The van der Waals surface area contributed by atoms with Gasteiger partial charge in [0, 0.05) is 0 Å². The largest absolute Gasteiger partial charge is 0.322 e. The fraction of sp³-hybridized carbons (Fsp3) is 0.455. The Morgan fingerprint density at radius 2 is 2.00 bits per heavy atom. The number of hydrogen-bond donors (Lipinski definition) is 1. The van der Waals surface area contributed by atoms with Crippen LogP contribution in [0.5, 0.6) is 0 Å². The summed E-state index contributed by atoms with van der Waals surface area (Å²) < 4.78 is 0. The first-order chi connectivity index (χ1) is 7.68. The highest BCUT2D eigenvalue weighted by Crippen LogP contribution is 2.26. The van der Waals surface area contributed by atoms with Crippen molar-refractivity contribution in [2.75, 3.05) is 5.32 Å². The van der Waals surface area contributed by atoms with Crippen molar-refractivity contribution in [2.45, 2.75) is 26.7 Å². The average Bonchev–Trinajstić information content (AvgIpc) is 2.33. The Kier molecular flexibility index (Phi) is 3.95. The number of aromatic nitrogens is 2. The zero-order valence-electron chi connectivity index (χ0n) is 9.40. The number of carbonyl (C=O) groups excluding carboxylic acids is 1. The zero-order valence-corrected chi connectivity index (χ0v) is 9.40. The predicted octanol–water partition coefficient (Wildman–Crippen LogP) is 1.75. The molecule has 0 saturated heterocycles. The van der Waals surface area contributed by atoms with Gasteiger partial charge in [-0.3, -0.25) is 4.79 Å². The molecule has 1 rings (SSSR count). The van der Waals surface area contributed by atoms with Crippen LogP contribution in [0.1, 0.15) is 26.7 Å². The van der Waals surface area contributed by atoms with Crippen LogP contribution in [0.2, 0.25) is 0 Å². The first kappa shape index (κ1) is 12.1. The number of nitriles is 1. The number of rotatable bonds is 4. The van der Waals surface area contributed by atoms with Crippen molar-refractivity contribution < 1.29 is 4.79 Å². The third kappa shape index (κ3) is 2.34. The Labute approximate surface area is 94.5 Å². The van der Waals surface area contributed by atoms with E-state index in [0.717, 1.165) is 0 Å². The first-order valence-corrected chi connectivity index (χ1v) is 5.16. The van der Waals surface area contributed by atoms with Gasteiger partial charge >= 0.3 is 0 Å². The lowest BCUT2D eigenvalue weighted by molar-refractivity contribution is -0.123. The van der Waals surface area contributed by atoms with Gasteiger partial charge in [-0.25, -0.2) is 9.97 Å². The Hall–Kier alpha value is -1.96. The summed E-state index contributed by atoms with van der Waals surface area (Å²) in [5.74, 6) is -0.296. The second kappa shape index (κ2) is 5.21. The van der Waals surface area contributed by atoms with E-state index in [1.54, 1.807) is 0 Å². The Morgan fingerprint density at radius 3 is 2.44 bits per heavy atom. The van der Waals surface area contributed by atoms with Gasteiger partial charge in [0.05, 0.1) is 24.2 Å². The summed E-state index contributed by atoms with van der Waals surface area (Å²) in [6, 6.07) is 2.08. The Morgan fingerprint density at radius 1 is 1.44 bits per heavy atom. The molecule has 0 fully saturated rings. The molecule has 0 aliphatic carbocycles. The first-order valence-electron chi connectivity index (χ1n) is 5.16. The van der Waals surface area contributed by atoms with Crippen molar-refractivity contribution in [3.05, 3.63) is 18.7 Å². The van der Waals surface area contributed by atoms with Gasteiger partial charge in [-0.15, -0.1) is 0 Å². The van der Waals surface area contributed by atoms with Crippen LogP contribution in [0.4, 0.5) is 5.69 Å². The average molecular weight is 218 g/mol. The molecule has 1 aromatic heterocycles. The third-order valence-electron chi connectivity index (χ3n) is 2.67. The van der Waals surface area contributed by atoms with E-state index >= 15 is 0 Å².